The molecule has 3 N–H and O–H groups in total. The van der Waals surface area contributed by atoms with Gasteiger partial charge in [-0.1, -0.05) is 30.3 Å². The van der Waals surface area contributed by atoms with Gasteiger partial charge in [0.25, 0.3) is 5.91 Å². The Labute approximate surface area is 217 Å². The number of hydrogen-bond acceptors (Lipinski definition) is 5. The average molecular weight is 504 g/mol. The van der Waals surface area contributed by atoms with Crippen molar-refractivity contribution in [2.24, 2.45) is 0 Å². The van der Waals surface area contributed by atoms with Gasteiger partial charge in [0.05, 0.1) is 13.7 Å². The highest BCUT2D eigenvalue weighted by atomic mass is 16.5. The van der Waals surface area contributed by atoms with Gasteiger partial charge in [-0.25, -0.2) is 0 Å². The minimum atomic E-state index is -0.769. The molecule has 0 aliphatic heterocycles. The number of anilines is 1. The lowest BCUT2D eigenvalue weighted by atomic mass is 10.0. The third-order valence-electron chi connectivity index (χ3n) is 5.59. The number of carbonyl (C=O) groups excluding carboxylic acids is 3. The summed E-state index contributed by atoms with van der Waals surface area (Å²) in [6, 6.07) is 22.6. The molecule has 0 unspecified atom stereocenters. The molecule has 0 radical (unpaired) electrons. The van der Waals surface area contributed by atoms with E-state index >= 15 is 0 Å². The van der Waals surface area contributed by atoms with Crippen molar-refractivity contribution in [1.29, 1.82) is 0 Å². The molecule has 0 heterocycles. The largest absolute Gasteiger partial charge is 0.497 e. The molecule has 0 aromatic heterocycles. The number of hydrogen-bond donors (Lipinski definition) is 3. The van der Waals surface area contributed by atoms with Crippen LogP contribution in [0.5, 0.6) is 11.5 Å². The Kier molecular flexibility index (Phi) is 10.5. The van der Waals surface area contributed by atoms with Crippen molar-refractivity contribution in [2.45, 2.75) is 32.2 Å². The van der Waals surface area contributed by atoms with Crippen molar-refractivity contribution in [3.8, 4) is 11.5 Å². The smallest absolute Gasteiger partial charge is 0.251 e. The first-order valence-electron chi connectivity index (χ1n) is 12.3. The van der Waals surface area contributed by atoms with E-state index in [-0.39, 0.29) is 24.1 Å². The maximum atomic E-state index is 13.0. The van der Waals surface area contributed by atoms with E-state index < -0.39 is 6.04 Å². The molecule has 194 valence electrons. The quantitative estimate of drug-likeness (QED) is 0.306. The van der Waals surface area contributed by atoms with E-state index in [1.165, 1.54) is 0 Å². The third-order valence-corrected chi connectivity index (χ3v) is 5.59. The Morgan fingerprint density at radius 2 is 1.54 bits per heavy atom. The molecule has 8 heteroatoms. The van der Waals surface area contributed by atoms with Crippen LogP contribution < -0.4 is 25.4 Å². The first-order chi connectivity index (χ1) is 18.0. The third kappa shape index (κ3) is 9.00. The van der Waals surface area contributed by atoms with Crippen molar-refractivity contribution in [2.75, 3.05) is 25.6 Å². The molecule has 3 rings (SSSR count). The summed E-state index contributed by atoms with van der Waals surface area (Å²) in [6.45, 7) is 2.79. The van der Waals surface area contributed by atoms with Gasteiger partial charge >= 0.3 is 0 Å². The second-order valence-corrected chi connectivity index (χ2v) is 8.34. The fraction of sp³-hybridized carbons (Fsp3) is 0.276. The van der Waals surface area contributed by atoms with Crippen LogP contribution in [0.4, 0.5) is 5.69 Å². The molecule has 0 aliphatic rings. The lowest BCUT2D eigenvalue weighted by molar-refractivity contribution is -0.123. The molecular weight excluding hydrogens is 470 g/mol. The van der Waals surface area contributed by atoms with Crippen LogP contribution in [0, 0.1) is 0 Å². The maximum Gasteiger partial charge on any atom is 0.251 e. The summed E-state index contributed by atoms with van der Waals surface area (Å²) in [7, 11) is 1.55. The average Bonchev–Trinajstić information content (AvgIpc) is 2.92. The number of rotatable bonds is 13. The number of ether oxygens (including phenoxy) is 2. The zero-order chi connectivity index (χ0) is 26.5. The van der Waals surface area contributed by atoms with Crippen molar-refractivity contribution >= 4 is 23.4 Å². The molecule has 3 aromatic rings. The number of carbonyl (C=O) groups is 3. The summed E-state index contributed by atoms with van der Waals surface area (Å²) in [5.74, 6) is 0.576. The maximum absolute atomic E-state index is 13.0. The normalized spacial score (nSPS) is 11.2. The Bertz CT molecular complexity index is 1150. The zero-order valence-corrected chi connectivity index (χ0v) is 21.2. The van der Waals surface area contributed by atoms with Gasteiger partial charge < -0.3 is 25.4 Å². The summed E-state index contributed by atoms with van der Waals surface area (Å²) >= 11 is 0. The molecule has 37 heavy (non-hydrogen) atoms. The van der Waals surface area contributed by atoms with Gasteiger partial charge in [0.1, 0.15) is 17.5 Å². The van der Waals surface area contributed by atoms with Crippen LogP contribution in [-0.4, -0.2) is 44.0 Å². The van der Waals surface area contributed by atoms with Crippen LogP contribution in [0.1, 0.15) is 35.7 Å². The Morgan fingerprint density at radius 1 is 0.865 bits per heavy atom. The second kappa shape index (κ2) is 14.3. The minimum Gasteiger partial charge on any atom is -0.497 e. The van der Waals surface area contributed by atoms with Crippen molar-refractivity contribution in [1.82, 2.24) is 10.6 Å². The van der Waals surface area contributed by atoms with Gasteiger partial charge in [0.2, 0.25) is 11.8 Å². The van der Waals surface area contributed by atoms with Crippen LogP contribution >= 0.6 is 0 Å². The lowest BCUT2D eigenvalue weighted by Crippen LogP contribution is -2.48. The van der Waals surface area contributed by atoms with E-state index in [9.17, 15) is 14.4 Å². The van der Waals surface area contributed by atoms with E-state index in [0.29, 0.717) is 43.0 Å². The van der Waals surface area contributed by atoms with E-state index in [1.54, 1.807) is 55.6 Å². The molecule has 0 bridgehead atoms. The summed E-state index contributed by atoms with van der Waals surface area (Å²) in [4.78, 5) is 38.1. The first-order valence-corrected chi connectivity index (χ1v) is 12.3. The van der Waals surface area contributed by atoms with Gasteiger partial charge in [0, 0.05) is 30.6 Å². The van der Waals surface area contributed by atoms with Crippen LogP contribution in [0.3, 0.4) is 0 Å². The summed E-state index contributed by atoms with van der Waals surface area (Å²) in [6.07, 6.45) is 1.04. The van der Waals surface area contributed by atoms with Crippen LogP contribution in [0.15, 0.2) is 78.9 Å². The fourth-order valence-corrected chi connectivity index (χ4v) is 3.65. The Balaban J connectivity index is 1.51. The topological polar surface area (TPSA) is 106 Å². The molecule has 0 saturated heterocycles. The van der Waals surface area contributed by atoms with Gasteiger partial charge in [-0.05, 0) is 67.4 Å². The summed E-state index contributed by atoms with van der Waals surface area (Å²) in [5, 5.41) is 8.52. The Morgan fingerprint density at radius 3 is 2.19 bits per heavy atom. The number of methoxy groups -OCH3 is 1. The molecule has 0 saturated carbocycles. The first kappa shape index (κ1) is 27.3. The standard InChI is InChI=1S/C29H33N3O5/c1-3-37-25-17-13-23(14-18-25)31-27(33)10-7-19-30-29(35)26(20-21-8-5-4-6-9-21)32-28(34)22-11-15-24(36-2)16-12-22/h4-6,8-9,11-18,26H,3,7,10,19-20H2,1-2H3,(H,30,35)(H,31,33)(H,32,34)/t26-/m0/s1. The van der Waals surface area contributed by atoms with E-state index in [4.69, 9.17) is 9.47 Å². The van der Waals surface area contributed by atoms with Gasteiger partial charge in [-0.3, -0.25) is 14.4 Å². The van der Waals surface area contributed by atoms with Crippen LogP contribution in [0.2, 0.25) is 0 Å². The molecule has 0 spiro atoms. The van der Waals surface area contributed by atoms with Crippen molar-refractivity contribution in [3.63, 3.8) is 0 Å². The summed E-state index contributed by atoms with van der Waals surface area (Å²) < 4.78 is 10.5. The number of benzene rings is 3. The van der Waals surface area contributed by atoms with Gasteiger partial charge in [-0.15, -0.1) is 0 Å². The van der Waals surface area contributed by atoms with E-state index in [2.05, 4.69) is 16.0 Å². The van der Waals surface area contributed by atoms with Gasteiger partial charge in [-0.2, -0.15) is 0 Å². The summed E-state index contributed by atoms with van der Waals surface area (Å²) in [5.41, 5.74) is 2.03. The highest BCUT2D eigenvalue weighted by molar-refractivity contribution is 5.97. The van der Waals surface area contributed by atoms with Crippen LogP contribution in [0.25, 0.3) is 0 Å². The van der Waals surface area contributed by atoms with Gasteiger partial charge in [0.15, 0.2) is 0 Å². The van der Waals surface area contributed by atoms with Crippen LogP contribution in [-0.2, 0) is 16.0 Å². The highest BCUT2D eigenvalue weighted by Crippen LogP contribution is 2.16. The molecular formula is C29H33N3O5. The highest BCUT2D eigenvalue weighted by Gasteiger charge is 2.22. The van der Waals surface area contributed by atoms with Crippen molar-refractivity contribution < 1.29 is 23.9 Å². The molecule has 3 aromatic carbocycles. The minimum absolute atomic E-state index is 0.146. The second-order valence-electron chi connectivity index (χ2n) is 8.34. The molecule has 1 atom stereocenters. The van der Waals surface area contributed by atoms with E-state index in [1.807, 2.05) is 37.3 Å². The lowest BCUT2D eigenvalue weighted by Gasteiger charge is -2.19. The molecule has 0 fully saturated rings. The van der Waals surface area contributed by atoms with E-state index in [0.717, 1.165) is 11.3 Å². The SMILES string of the molecule is CCOc1ccc(NC(=O)CCCNC(=O)[C@H](Cc2ccccc2)NC(=O)c2ccc(OC)cc2)cc1. The molecule has 3 amide bonds. The van der Waals surface area contributed by atoms with Crippen molar-refractivity contribution in [3.05, 3.63) is 90.0 Å². The predicted molar refractivity (Wildman–Crippen MR) is 143 cm³/mol. The number of amides is 3. The Hall–Kier alpha value is -4.33. The molecule has 8 nitrogen and oxygen atoms in total. The monoisotopic (exact) mass is 503 g/mol. The zero-order valence-electron chi connectivity index (χ0n) is 21.2. The molecule has 0 aliphatic carbocycles. The number of nitrogens with one attached hydrogen (secondary N) is 3. The predicted octanol–water partition coefficient (Wildman–Crippen LogP) is 3.97. The fourth-order valence-electron chi connectivity index (χ4n) is 3.65.